The van der Waals surface area contributed by atoms with E-state index in [0.717, 1.165) is 42.6 Å². The van der Waals surface area contributed by atoms with Crippen LogP contribution in [0.2, 0.25) is 0 Å². The maximum atomic E-state index is 5.43. The van der Waals surface area contributed by atoms with Crippen LogP contribution >= 0.6 is 0 Å². The largest absolute Gasteiger partial charge is 0.381 e. The van der Waals surface area contributed by atoms with Crippen LogP contribution in [0.3, 0.4) is 0 Å². The van der Waals surface area contributed by atoms with Crippen molar-refractivity contribution in [3.8, 4) is 0 Å². The van der Waals surface area contributed by atoms with Crippen LogP contribution in [-0.2, 0) is 4.74 Å². The Hall–Kier alpha value is -1.88. The van der Waals surface area contributed by atoms with Gasteiger partial charge < -0.3 is 9.72 Å². The molecule has 2 N–H and O–H groups in total. The molecule has 0 radical (unpaired) electrons. The van der Waals surface area contributed by atoms with Gasteiger partial charge in [-0.3, -0.25) is 5.10 Å². The molecule has 0 atom stereocenters. The summed E-state index contributed by atoms with van der Waals surface area (Å²) in [4.78, 5) is 7.53. The molecule has 3 aromatic rings. The van der Waals surface area contributed by atoms with Gasteiger partial charge in [0.1, 0.15) is 5.65 Å². The first-order valence-corrected chi connectivity index (χ1v) is 6.31. The molecule has 0 aromatic carbocycles. The van der Waals surface area contributed by atoms with Crippen molar-refractivity contribution >= 4 is 21.9 Å². The van der Waals surface area contributed by atoms with E-state index in [9.17, 15) is 0 Å². The van der Waals surface area contributed by atoms with Crippen molar-refractivity contribution in [2.75, 3.05) is 13.2 Å². The molecule has 0 spiro atoms. The minimum atomic E-state index is 0.494. The molecule has 5 heteroatoms. The Morgan fingerprint density at radius 1 is 1.28 bits per heavy atom. The zero-order chi connectivity index (χ0) is 11.9. The molecule has 0 bridgehead atoms. The van der Waals surface area contributed by atoms with Gasteiger partial charge in [-0.25, -0.2) is 4.98 Å². The molecule has 1 fully saturated rings. The molecule has 1 aliphatic heterocycles. The van der Waals surface area contributed by atoms with Crippen molar-refractivity contribution in [3.63, 3.8) is 0 Å². The molecule has 92 valence electrons. The van der Waals surface area contributed by atoms with E-state index in [-0.39, 0.29) is 0 Å². The highest BCUT2D eigenvalue weighted by molar-refractivity contribution is 6.04. The summed E-state index contributed by atoms with van der Waals surface area (Å²) in [5, 5.41) is 9.99. The van der Waals surface area contributed by atoms with Crippen LogP contribution in [0, 0.1) is 0 Å². The van der Waals surface area contributed by atoms with E-state index in [0.29, 0.717) is 5.92 Å². The van der Waals surface area contributed by atoms with Gasteiger partial charge in [-0.1, -0.05) is 0 Å². The summed E-state index contributed by atoms with van der Waals surface area (Å²) in [5.74, 6) is 0.494. The molecule has 1 aliphatic rings. The molecule has 0 saturated carbocycles. The first kappa shape index (κ1) is 10.1. The lowest BCUT2D eigenvalue weighted by Gasteiger charge is -2.20. The first-order chi connectivity index (χ1) is 8.93. The van der Waals surface area contributed by atoms with Crippen molar-refractivity contribution in [3.05, 3.63) is 24.2 Å². The lowest BCUT2D eigenvalue weighted by Crippen LogP contribution is -2.14. The second-order valence-corrected chi connectivity index (χ2v) is 4.78. The normalized spacial score (nSPS) is 17.8. The quantitative estimate of drug-likeness (QED) is 0.688. The second-order valence-electron chi connectivity index (χ2n) is 4.78. The third kappa shape index (κ3) is 1.37. The molecule has 3 aromatic heterocycles. The number of rotatable bonds is 1. The SMILES string of the molecule is c1cc2c(ncc3[nH]nc(C4CCOCC4)c32)[nH]1. The highest BCUT2D eigenvalue weighted by atomic mass is 16.5. The monoisotopic (exact) mass is 242 g/mol. The summed E-state index contributed by atoms with van der Waals surface area (Å²) in [7, 11) is 0. The molecular weight excluding hydrogens is 228 g/mol. The number of nitrogens with zero attached hydrogens (tertiary/aromatic N) is 2. The van der Waals surface area contributed by atoms with Crippen LogP contribution < -0.4 is 0 Å². The lowest BCUT2D eigenvalue weighted by atomic mass is 9.94. The van der Waals surface area contributed by atoms with Crippen molar-refractivity contribution in [1.82, 2.24) is 20.2 Å². The average Bonchev–Trinajstić information content (AvgIpc) is 3.05. The molecule has 5 nitrogen and oxygen atoms in total. The summed E-state index contributed by atoms with van der Waals surface area (Å²) in [6.07, 6.45) is 5.88. The van der Waals surface area contributed by atoms with E-state index < -0.39 is 0 Å². The van der Waals surface area contributed by atoms with Crippen LogP contribution in [0.1, 0.15) is 24.5 Å². The van der Waals surface area contributed by atoms with Crippen LogP contribution in [-0.4, -0.2) is 33.4 Å². The van der Waals surface area contributed by atoms with Gasteiger partial charge in [0.05, 0.1) is 17.4 Å². The van der Waals surface area contributed by atoms with E-state index in [2.05, 4.69) is 26.2 Å². The molecule has 0 amide bonds. The predicted molar refractivity (Wildman–Crippen MR) is 68.5 cm³/mol. The number of hydrogen-bond donors (Lipinski definition) is 2. The number of nitrogens with one attached hydrogen (secondary N) is 2. The van der Waals surface area contributed by atoms with E-state index in [1.165, 1.54) is 11.1 Å². The fraction of sp³-hybridized carbons (Fsp3) is 0.385. The summed E-state index contributed by atoms with van der Waals surface area (Å²) < 4.78 is 5.43. The number of aromatic nitrogens is 4. The maximum Gasteiger partial charge on any atom is 0.138 e. The predicted octanol–water partition coefficient (Wildman–Crippen LogP) is 2.33. The minimum Gasteiger partial charge on any atom is -0.381 e. The smallest absolute Gasteiger partial charge is 0.138 e. The summed E-state index contributed by atoms with van der Waals surface area (Å²) in [5.41, 5.74) is 3.11. The second kappa shape index (κ2) is 3.81. The Balaban J connectivity index is 1.96. The lowest BCUT2D eigenvalue weighted by molar-refractivity contribution is 0.0848. The number of aromatic amines is 2. The van der Waals surface area contributed by atoms with Gasteiger partial charge in [-0.15, -0.1) is 0 Å². The fourth-order valence-corrected chi connectivity index (χ4v) is 2.81. The van der Waals surface area contributed by atoms with E-state index in [4.69, 9.17) is 4.74 Å². The Bertz CT molecular complexity index is 693. The van der Waals surface area contributed by atoms with E-state index >= 15 is 0 Å². The van der Waals surface area contributed by atoms with E-state index in [1.807, 2.05) is 12.4 Å². The number of pyridine rings is 1. The number of H-pyrrole nitrogens is 2. The van der Waals surface area contributed by atoms with E-state index in [1.54, 1.807) is 0 Å². The zero-order valence-corrected chi connectivity index (χ0v) is 9.94. The van der Waals surface area contributed by atoms with Gasteiger partial charge in [0.25, 0.3) is 0 Å². The molecular formula is C13H14N4O. The molecule has 18 heavy (non-hydrogen) atoms. The Kier molecular flexibility index (Phi) is 2.14. The standard InChI is InChI=1S/C13H14N4O/c1-4-14-13-9(1)11-10(7-15-13)16-17-12(11)8-2-5-18-6-3-8/h1,4,7-8H,2-3,5-6H2,(H,14,15)(H,16,17). The molecule has 1 saturated heterocycles. The van der Waals surface area contributed by atoms with Gasteiger partial charge in [0.15, 0.2) is 0 Å². The Morgan fingerprint density at radius 2 is 2.17 bits per heavy atom. The van der Waals surface area contributed by atoms with Crippen LogP contribution in [0.15, 0.2) is 18.5 Å². The Labute approximate surface area is 104 Å². The highest BCUT2D eigenvalue weighted by Gasteiger charge is 2.22. The third-order valence-electron chi connectivity index (χ3n) is 3.75. The maximum absolute atomic E-state index is 5.43. The summed E-state index contributed by atoms with van der Waals surface area (Å²) in [6, 6.07) is 2.07. The van der Waals surface area contributed by atoms with Crippen LogP contribution in [0.25, 0.3) is 21.9 Å². The van der Waals surface area contributed by atoms with Crippen molar-refractivity contribution in [2.45, 2.75) is 18.8 Å². The zero-order valence-electron chi connectivity index (χ0n) is 9.94. The average molecular weight is 242 g/mol. The summed E-state index contributed by atoms with van der Waals surface area (Å²) in [6.45, 7) is 1.67. The first-order valence-electron chi connectivity index (χ1n) is 6.31. The fourth-order valence-electron chi connectivity index (χ4n) is 2.81. The van der Waals surface area contributed by atoms with Gasteiger partial charge in [0, 0.05) is 36.1 Å². The third-order valence-corrected chi connectivity index (χ3v) is 3.75. The van der Waals surface area contributed by atoms with Crippen molar-refractivity contribution < 1.29 is 4.74 Å². The van der Waals surface area contributed by atoms with Crippen molar-refractivity contribution in [2.24, 2.45) is 0 Å². The van der Waals surface area contributed by atoms with Crippen LogP contribution in [0.5, 0.6) is 0 Å². The summed E-state index contributed by atoms with van der Waals surface area (Å²) >= 11 is 0. The van der Waals surface area contributed by atoms with Gasteiger partial charge in [-0.05, 0) is 18.9 Å². The number of hydrogen-bond acceptors (Lipinski definition) is 3. The van der Waals surface area contributed by atoms with Gasteiger partial charge >= 0.3 is 0 Å². The van der Waals surface area contributed by atoms with Crippen molar-refractivity contribution in [1.29, 1.82) is 0 Å². The highest BCUT2D eigenvalue weighted by Crippen LogP contribution is 2.33. The van der Waals surface area contributed by atoms with Gasteiger partial charge in [0.2, 0.25) is 0 Å². The molecule has 0 aliphatic carbocycles. The number of fused-ring (bicyclic) bond motifs is 3. The number of ether oxygens (including phenoxy) is 1. The Morgan fingerprint density at radius 3 is 3.06 bits per heavy atom. The molecule has 4 rings (SSSR count). The van der Waals surface area contributed by atoms with Gasteiger partial charge in [-0.2, -0.15) is 5.10 Å². The topological polar surface area (TPSA) is 66.6 Å². The molecule has 4 heterocycles. The van der Waals surface area contributed by atoms with Crippen LogP contribution in [0.4, 0.5) is 0 Å². The molecule has 0 unspecified atom stereocenters. The minimum absolute atomic E-state index is 0.494.